The molecule has 0 aliphatic rings. The Hall–Kier alpha value is -1.78. The van der Waals surface area contributed by atoms with Crippen LogP contribution in [0.4, 0.5) is 10.1 Å². The Morgan fingerprint density at radius 2 is 2.05 bits per heavy atom. The summed E-state index contributed by atoms with van der Waals surface area (Å²) in [6.45, 7) is 0.147. The van der Waals surface area contributed by atoms with E-state index in [0.29, 0.717) is 16.3 Å². The van der Waals surface area contributed by atoms with E-state index in [9.17, 15) is 9.50 Å². The summed E-state index contributed by atoms with van der Waals surface area (Å²) in [5, 5.41) is 13.4. The summed E-state index contributed by atoms with van der Waals surface area (Å²) in [7, 11) is 1.51. The number of ether oxygens (including phenoxy) is 1. The molecule has 0 saturated heterocycles. The number of rotatable bonds is 5. The largest absolute Gasteiger partial charge is 0.497 e. The molecule has 1 unspecified atom stereocenters. The van der Waals surface area contributed by atoms with Crippen LogP contribution in [0.25, 0.3) is 0 Å². The van der Waals surface area contributed by atoms with Crippen molar-refractivity contribution in [1.82, 2.24) is 0 Å². The second-order valence-corrected chi connectivity index (χ2v) is 4.67. The van der Waals surface area contributed by atoms with E-state index in [0.717, 1.165) is 0 Å². The summed E-state index contributed by atoms with van der Waals surface area (Å²) >= 11 is 6.00. The highest BCUT2D eigenvalue weighted by atomic mass is 35.5. The molecule has 0 spiro atoms. The molecule has 20 heavy (non-hydrogen) atoms. The standard InChI is InChI=1S/C15H15ClFNO2/c1-20-10-6-7-13(17)14(8-10)18-9-15(19)11-4-2-3-5-12(11)16/h2-8,15,18-19H,9H2,1H3. The van der Waals surface area contributed by atoms with E-state index < -0.39 is 11.9 Å². The maximum Gasteiger partial charge on any atom is 0.146 e. The van der Waals surface area contributed by atoms with Crippen molar-refractivity contribution in [3.8, 4) is 5.75 Å². The molecule has 106 valence electrons. The first-order chi connectivity index (χ1) is 9.61. The highest BCUT2D eigenvalue weighted by Crippen LogP contribution is 2.25. The smallest absolute Gasteiger partial charge is 0.146 e. The summed E-state index contributed by atoms with van der Waals surface area (Å²) in [5.41, 5.74) is 0.875. The molecule has 0 aliphatic carbocycles. The van der Waals surface area contributed by atoms with Gasteiger partial charge >= 0.3 is 0 Å². The summed E-state index contributed by atoms with van der Waals surface area (Å²) in [4.78, 5) is 0. The molecule has 1 atom stereocenters. The first-order valence-electron chi connectivity index (χ1n) is 6.11. The lowest BCUT2D eigenvalue weighted by Gasteiger charge is -2.15. The Labute approximate surface area is 122 Å². The molecule has 2 N–H and O–H groups in total. The van der Waals surface area contributed by atoms with Crippen molar-refractivity contribution >= 4 is 17.3 Å². The highest BCUT2D eigenvalue weighted by molar-refractivity contribution is 6.31. The number of anilines is 1. The van der Waals surface area contributed by atoms with Crippen LogP contribution in [0.5, 0.6) is 5.75 Å². The average molecular weight is 296 g/mol. The maximum absolute atomic E-state index is 13.6. The minimum Gasteiger partial charge on any atom is -0.497 e. The van der Waals surface area contributed by atoms with E-state index >= 15 is 0 Å². The highest BCUT2D eigenvalue weighted by Gasteiger charge is 2.12. The topological polar surface area (TPSA) is 41.5 Å². The molecule has 2 rings (SSSR count). The van der Waals surface area contributed by atoms with Crippen LogP contribution in [-0.4, -0.2) is 18.8 Å². The van der Waals surface area contributed by atoms with Gasteiger partial charge in [-0.2, -0.15) is 0 Å². The van der Waals surface area contributed by atoms with Crippen molar-refractivity contribution in [2.75, 3.05) is 19.0 Å². The lowest BCUT2D eigenvalue weighted by molar-refractivity contribution is 0.191. The maximum atomic E-state index is 13.6. The molecule has 0 radical (unpaired) electrons. The van der Waals surface area contributed by atoms with Gasteiger partial charge in [-0.15, -0.1) is 0 Å². The molecular weight excluding hydrogens is 281 g/mol. The number of nitrogens with one attached hydrogen (secondary N) is 1. The van der Waals surface area contributed by atoms with E-state index in [-0.39, 0.29) is 12.2 Å². The van der Waals surface area contributed by atoms with Crippen LogP contribution in [0, 0.1) is 5.82 Å². The van der Waals surface area contributed by atoms with Crippen molar-refractivity contribution in [3.05, 3.63) is 58.9 Å². The van der Waals surface area contributed by atoms with Gasteiger partial charge in [0.05, 0.1) is 18.9 Å². The van der Waals surface area contributed by atoms with E-state index in [4.69, 9.17) is 16.3 Å². The number of methoxy groups -OCH3 is 1. The van der Waals surface area contributed by atoms with Gasteiger partial charge in [0.15, 0.2) is 0 Å². The van der Waals surface area contributed by atoms with Gasteiger partial charge in [-0.25, -0.2) is 4.39 Å². The SMILES string of the molecule is COc1ccc(F)c(NCC(O)c2ccccc2Cl)c1. The van der Waals surface area contributed by atoms with Crippen LogP contribution >= 0.6 is 11.6 Å². The summed E-state index contributed by atoms with van der Waals surface area (Å²) in [5.74, 6) is 0.137. The molecule has 0 amide bonds. The third-order valence-electron chi connectivity index (χ3n) is 2.92. The van der Waals surface area contributed by atoms with Crippen LogP contribution in [0.1, 0.15) is 11.7 Å². The van der Waals surface area contributed by atoms with E-state index in [1.807, 2.05) is 0 Å². The molecule has 0 bridgehead atoms. The Morgan fingerprint density at radius 1 is 1.30 bits per heavy atom. The lowest BCUT2D eigenvalue weighted by atomic mass is 10.1. The Bertz CT molecular complexity index is 592. The van der Waals surface area contributed by atoms with Crippen molar-refractivity contribution in [2.45, 2.75) is 6.10 Å². The number of aliphatic hydroxyl groups excluding tert-OH is 1. The third kappa shape index (κ3) is 3.40. The van der Waals surface area contributed by atoms with Crippen molar-refractivity contribution in [1.29, 1.82) is 0 Å². The second kappa shape index (κ2) is 6.59. The van der Waals surface area contributed by atoms with Gasteiger partial charge in [-0.05, 0) is 18.2 Å². The lowest BCUT2D eigenvalue weighted by Crippen LogP contribution is -2.13. The predicted molar refractivity (Wildman–Crippen MR) is 77.9 cm³/mol. The third-order valence-corrected chi connectivity index (χ3v) is 3.27. The fourth-order valence-corrected chi connectivity index (χ4v) is 2.09. The fourth-order valence-electron chi connectivity index (χ4n) is 1.83. The predicted octanol–water partition coefficient (Wildman–Crippen LogP) is 3.63. The average Bonchev–Trinajstić information content (AvgIpc) is 2.46. The van der Waals surface area contributed by atoms with Crippen LogP contribution in [-0.2, 0) is 0 Å². The van der Waals surface area contributed by atoms with Crippen molar-refractivity contribution in [2.24, 2.45) is 0 Å². The number of hydrogen-bond acceptors (Lipinski definition) is 3. The van der Waals surface area contributed by atoms with Crippen LogP contribution in [0.2, 0.25) is 5.02 Å². The van der Waals surface area contributed by atoms with Gasteiger partial charge in [-0.3, -0.25) is 0 Å². The second-order valence-electron chi connectivity index (χ2n) is 4.26. The van der Waals surface area contributed by atoms with Crippen LogP contribution in [0.3, 0.4) is 0 Å². The minimum atomic E-state index is -0.825. The van der Waals surface area contributed by atoms with Gasteiger partial charge in [0.25, 0.3) is 0 Å². The zero-order valence-corrected chi connectivity index (χ0v) is 11.7. The van der Waals surface area contributed by atoms with Crippen molar-refractivity contribution in [3.63, 3.8) is 0 Å². The first-order valence-corrected chi connectivity index (χ1v) is 6.49. The van der Waals surface area contributed by atoms with Crippen molar-refractivity contribution < 1.29 is 14.2 Å². The van der Waals surface area contributed by atoms with Crippen LogP contribution in [0.15, 0.2) is 42.5 Å². The first kappa shape index (κ1) is 14.6. The minimum absolute atomic E-state index is 0.147. The molecule has 2 aromatic rings. The molecule has 0 heterocycles. The zero-order valence-electron chi connectivity index (χ0n) is 10.9. The summed E-state index contributed by atoms with van der Waals surface area (Å²) in [6, 6.07) is 11.4. The number of aliphatic hydroxyl groups is 1. The van der Waals surface area contributed by atoms with E-state index in [1.54, 1.807) is 24.3 Å². The van der Waals surface area contributed by atoms with Gasteiger partial charge in [-0.1, -0.05) is 29.8 Å². The summed E-state index contributed by atoms with van der Waals surface area (Å²) < 4.78 is 18.6. The normalized spacial score (nSPS) is 12.0. The van der Waals surface area contributed by atoms with Gasteiger partial charge in [0.2, 0.25) is 0 Å². The number of hydrogen-bond donors (Lipinski definition) is 2. The summed E-state index contributed by atoms with van der Waals surface area (Å²) in [6.07, 6.45) is -0.825. The molecule has 5 heteroatoms. The van der Waals surface area contributed by atoms with Gasteiger partial charge < -0.3 is 15.2 Å². The quantitative estimate of drug-likeness (QED) is 0.885. The van der Waals surface area contributed by atoms with Gasteiger partial charge in [0.1, 0.15) is 11.6 Å². The molecule has 3 nitrogen and oxygen atoms in total. The number of benzene rings is 2. The molecule has 0 aliphatic heterocycles. The zero-order chi connectivity index (χ0) is 14.5. The number of halogens is 2. The van der Waals surface area contributed by atoms with E-state index in [2.05, 4.69) is 5.32 Å². The molecular formula is C15H15ClFNO2. The van der Waals surface area contributed by atoms with E-state index in [1.165, 1.54) is 25.3 Å². The molecule has 0 fully saturated rings. The molecule has 0 aromatic heterocycles. The molecule has 0 saturated carbocycles. The fraction of sp³-hybridized carbons (Fsp3) is 0.200. The Kier molecular flexibility index (Phi) is 4.82. The Balaban J connectivity index is 2.07. The van der Waals surface area contributed by atoms with Gasteiger partial charge in [0, 0.05) is 23.2 Å². The van der Waals surface area contributed by atoms with Crippen LogP contribution < -0.4 is 10.1 Å². The molecule has 2 aromatic carbocycles. The Morgan fingerprint density at radius 3 is 2.75 bits per heavy atom. The monoisotopic (exact) mass is 295 g/mol.